The standard InChI is InChI=1S/C29H31F2N3O4/c1-2-7-22(30)8-6-17-33-29(37)24-15-12-21(18-26(24)32-16-5-3-4-9-28(35)36)25-19-27(38-34-25)20-10-13-23(31)14-11-20/h6-8,10-16,18-19,25,34H,2-5,9,17H2,1H3,(H,33,37)(H,35,36)/b8-6-,22-7+,32-16+. The van der Waals surface area contributed by atoms with Crippen LogP contribution in [0.2, 0.25) is 0 Å². The predicted octanol–water partition coefficient (Wildman–Crippen LogP) is 6.34. The van der Waals surface area contributed by atoms with E-state index in [0.29, 0.717) is 42.7 Å². The highest BCUT2D eigenvalue weighted by Crippen LogP contribution is 2.31. The van der Waals surface area contributed by atoms with Gasteiger partial charge in [-0.25, -0.2) is 8.78 Å². The Morgan fingerprint density at radius 2 is 1.97 bits per heavy atom. The molecule has 0 saturated carbocycles. The summed E-state index contributed by atoms with van der Waals surface area (Å²) in [5, 5.41) is 11.5. The number of hydrogen-bond donors (Lipinski definition) is 3. The van der Waals surface area contributed by atoms with Crippen molar-refractivity contribution < 1.29 is 28.3 Å². The molecule has 1 aliphatic rings. The molecule has 38 heavy (non-hydrogen) atoms. The van der Waals surface area contributed by atoms with Gasteiger partial charge in [-0.15, -0.1) is 5.48 Å². The summed E-state index contributed by atoms with van der Waals surface area (Å²) in [6, 6.07) is 10.8. The first kappa shape index (κ1) is 28.5. The van der Waals surface area contributed by atoms with Gasteiger partial charge in [0.05, 0.1) is 17.3 Å². The molecule has 1 unspecified atom stereocenters. The molecule has 200 valence electrons. The van der Waals surface area contributed by atoms with Crippen molar-refractivity contribution in [2.45, 2.75) is 45.1 Å². The highest BCUT2D eigenvalue weighted by molar-refractivity contribution is 5.99. The van der Waals surface area contributed by atoms with Gasteiger partial charge in [0.25, 0.3) is 5.91 Å². The molecule has 3 N–H and O–H groups in total. The number of aliphatic carboxylic acids is 1. The third-order valence-corrected chi connectivity index (χ3v) is 5.63. The lowest BCUT2D eigenvalue weighted by Crippen LogP contribution is -2.23. The second kappa shape index (κ2) is 14.6. The van der Waals surface area contributed by atoms with E-state index in [-0.39, 0.29) is 36.6 Å². The molecule has 0 saturated heterocycles. The smallest absolute Gasteiger partial charge is 0.303 e. The molecule has 9 heteroatoms. The summed E-state index contributed by atoms with van der Waals surface area (Å²) in [7, 11) is 0. The Hall–Kier alpha value is -4.11. The SMILES string of the molecule is CC/C=C(F)\C=C/CNC(=O)c1ccc(C2C=C(c3ccc(F)cc3)ON2)cc1/N=C/CCCCC(=O)O. The van der Waals surface area contributed by atoms with Gasteiger partial charge in [-0.05, 0) is 85.9 Å². The highest BCUT2D eigenvalue weighted by Gasteiger charge is 2.22. The lowest BCUT2D eigenvalue weighted by molar-refractivity contribution is -0.137. The summed E-state index contributed by atoms with van der Waals surface area (Å²) in [4.78, 5) is 33.6. The number of carboxylic acid groups (broad SMARTS) is 1. The van der Waals surface area contributed by atoms with Gasteiger partial charge in [-0.2, -0.15) is 0 Å². The molecule has 0 fully saturated rings. The molecule has 3 rings (SSSR count). The molecule has 0 bridgehead atoms. The van der Waals surface area contributed by atoms with Crippen LogP contribution in [0.5, 0.6) is 0 Å². The predicted molar refractivity (Wildman–Crippen MR) is 143 cm³/mol. The second-order valence-electron chi connectivity index (χ2n) is 8.57. The van der Waals surface area contributed by atoms with Crippen LogP contribution in [-0.4, -0.2) is 29.7 Å². The number of hydrogen-bond acceptors (Lipinski definition) is 5. The van der Waals surface area contributed by atoms with Gasteiger partial charge >= 0.3 is 5.97 Å². The summed E-state index contributed by atoms with van der Waals surface area (Å²) in [5.74, 6) is -1.35. The number of rotatable bonds is 13. The fourth-order valence-corrected chi connectivity index (χ4v) is 3.68. The summed E-state index contributed by atoms with van der Waals surface area (Å²) >= 11 is 0. The van der Waals surface area contributed by atoms with Crippen LogP contribution in [0.25, 0.3) is 5.76 Å². The Bertz CT molecular complexity index is 1240. The van der Waals surface area contributed by atoms with E-state index in [4.69, 9.17) is 9.94 Å². The first-order valence-corrected chi connectivity index (χ1v) is 12.5. The van der Waals surface area contributed by atoms with E-state index in [1.165, 1.54) is 30.4 Å². The zero-order valence-electron chi connectivity index (χ0n) is 21.1. The van der Waals surface area contributed by atoms with Crippen LogP contribution >= 0.6 is 0 Å². The third-order valence-electron chi connectivity index (χ3n) is 5.63. The molecule has 0 spiro atoms. The molecule has 1 heterocycles. The van der Waals surface area contributed by atoms with E-state index in [1.807, 2.05) is 13.0 Å². The van der Waals surface area contributed by atoms with Crippen LogP contribution in [-0.2, 0) is 9.63 Å². The molecule has 2 aromatic rings. The number of nitrogens with one attached hydrogen (secondary N) is 2. The lowest BCUT2D eigenvalue weighted by Gasteiger charge is -2.12. The summed E-state index contributed by atoms with van der Waals surface area (Å²) in [5.41, 5.74) is 5.22. The van der Waals surface area contributed by atoms with Gasteiger partial charge in [-0.3, -0.25) is 14.6 Å². The maximum Gasteiger partial charge on any atom is 0.303 e. The third kappa shape index (κ3) is 8.77. The van der Waals surface area contributed by atoms with E-state index < -0.39 is 5.97 Å². The second-order valence-corrected chi connectivity index (χ2v) is 8.57. The van der Waals surface area contributed by atoms with Crippen molar-refractivity contribution in [3.05, 3.63) is 95.1 Å². The van der Waals surface area contributed by atoms with Crippen molar-refractivity contribution in [2.75, 3.05) is 6.54 Å². The van der Waals surface area contributed by atoms with Crippen LogP contribution in [0.3, 0.4) is 0 Å². The number of carbonyl (C=O) groups excluding carboxylic acids is 1. The van der Waals surface area contributed by atoms with Crippen LogP contribution in [0.4, 0.5) is 14.5 Å². The quantitative estimate of drug-likeness (QED) is 0.162. The Morgan fingerprint density at radius 1 is 1.18 bits per heavy atom. The maximum atomic E-state index is 13.5. The average Bonchev–Trinajstić information content (AvgIpc) is 3.39. The Balaban J connectivity index is 1.76. The Kier molecular flexibility index (Phi) is 10.9. The normalized spacial score (nSPS) is 15.6. The van der Waals surface area contributed by atoms with E-state index in [2.05, 4.69) is 15.8 Å². The number of halogens is 2. The van der Waals surface area contributed by atoms with Gasteiger partial charge in [0.1, 0.15) is 11.6 Å². The van der Waals surface area contributed by atoms with Crippen molar-refractivity contribution in [1.82, 2.24) is 10.8 Å². The van der Waals surface area contributed by atoms with Gasteiger partial charge < -0.3 is 15.3 Å². The maximum absolute atomic E-state index is 13.5. The minimum absolute atomic E-state index is 0.0919. The monoisotopic (exact) mass is 523 g/mol. The number of nitrogens with zero attached hydrogens (tertiary/aromatic N) is 1. The minimum Gasteiger partial charge on any atom is -0.481 e. The van der Waals surface area contributed by atoms with E-state index >= 15 is 0 Å². The van der Waals surface area contributed by atoms with Crippen LogP contribution in [0, 0.1) is 5.82 Å². The number of allylic oxidation sites excluding steroid dienone is 3. The molecular weight excluding hydrogens is 492 g/mol. The Morgan fingerprint density at radius 3 is 2.71 bits per heavy atom. The largest absolute Gasteiger partial charge is 0.481 e. The minimum atomic E-state index is -0.841. The van der Waals surface area contributed by atoms with Crippen LogP contribution in [0.15, 0.2) is 77.6 Å². The molecular formula is C29H31F2N3O4. The summed E-state index contributed by atoms with van der Waals surface area (Å²) in [6.07, 6.45) is 10.2. The first-order chi connectivity index (χ1) is 18.4. The van der Waals surface area contributed by atoms with Crippen molar-refractivity contribution in [3.8, 4) is 0 Å². The fourth-order valence-electron chi connectivity index (χ4n) is 3.68. The fraction of sp³-hybridized carbons (Fsp3) is 0.276. The molecule has 0 radical (unpaired) electrons. The lowest BCUT2D eigenvalue weighted by atomic mass is 10.0. The number of carboxylic acids is 1. The molecule has 0 aliphatic carbocycles. The van der Waals surface area contributed by atoms with Gasteiger partial charge in [0.2, 0.25) is 0 Å². The first-order valence-electron chi connectivity index (χ1n) is 12.5. The van der Waals surface area contributed by atoms with Crippen LogP contribution < -0.4 is 10.8 Å². The topological polar surface area (TPSA) is 100 Å². The summed E-state index contributed by atoms with van der Waals surface area (Å²) < 4.78 is 26.8. The molecule has 0 aromatic heterocycles. The number of carbonyl (C=O) groups is 2. The van der Waals surface area contributed by atoms with Crippen molar-refractivity contribution in [3.63, 3.8) is 0 Å². The zero-order valence-corrected chi connectivity index (χ0v) is 21.1. The number of aliphatic imine (C=N–C) groups is 1. The van der Waals surface area contributed by atoms with Crippen molar-refractivity contribution in [2.24, 2.45) is 4.99 Å². The number of benzene rings is 2. The highest BCUT2D eigenvalue weighted by atomic mass is 19.1. The summed E-state index contributed by atoms with van der Waals surface area (Å²) in [6.45, 7) is 1.98. The van der Waals surface area contributed by atoms with Crippen molar-refractivity contribution in [1.29, 1.82) is 0 Å². The van der Waals surface area contributed by atoms with Gasteiger partial charge in [0.15, 0.2) is 5.76 Å². The van der Waals surface area contributed by atoms with Crippen molar-refractivity contribution >= 4 is 29.5 Å². The van der Waals surface area contributed by atoms with Gasteiger partial charge in [0, 0.05) is 24.7 Å². The molecule has 7 nitrogen and oxygen atoms in total. The van der Waals surface area contributed by atoms with E-state index in [9.17, 15) is 18.4 Å². The Labute approximate surface area is 220 Å². The molecule has 1 amide bonds. The zero-order chi connectivity index (χ0) is 27.3. The van der Waals surface area contributed by atoms with Gasteiger partial charge in [-0.1, -0.05) is 19.1 Å². The molecule has 2 aromatic carbocycles. The number of amides is 1. The van der Waals surface area contributed by atoms with E-state index in [0.717, 1.165) is 11.1 Å². The van der Waals surface area contributed by atoms with Crippen LogP contribution in [0.1, 0.15) is 66.6 Å². The average molecular weight is 524 g/mol. The molecule has 1 aliphatic heterocycles. The molecule has 1 atom stereocenters. The van der Waals surface area contributed by atoms with E-state index in [1.54, 1.807) is 36.5 Å². The number of hydroxylamine groups is 1. The number of unbranched alkanes of at least 4 members (excludes halogenated alkanes) is 2.